The molecule has 6 N–H and O–H groups in total. The zero-order chi connectivity index (χ0) is 45.9. The summed E-state index contributed by atoms with van der Waals surface area (Å²) in [7, 11) is -19.8. The molecule has 0 saturated heterocycles. The summed E-state index contributed by atoms with van der Waals surface area (Å²) in [6.07, 6.45) is 6.86. The van der Waals surface area contributed by atoms with E-state index in [9.17, 15) is 66.6 Å². The van der Waals surface area contributed by atoms with Gasteiger partial charge in [-0.15, -0.1) is 5.10 Å². The largest absolute Gasteiger partial charge is 0.493 e. The number of aromatic hydroxyl groups is 1. The number of nitrogens with zero attached hydrogens (tertiary/aromatic N) is 5. The number of anilines is 2. The van der Waals surface area contributed by atoms with Crippen LogP contribution in [0, 0.1) is 0 Å². The van der Waals surface area contributed by atoms with E-state index in [0.29, 0.717) is 42.8 Å². The number of carbonyl (C=O) groups is 2. The zero-order valence-corrected chi connectivity index (χ0v) is 34.6. The van der Waals surface area contributed by atoms with Crippen molar-refractivity contribution in [3.8, 4) is 11.6 Å². The first-order valence-corrected chi connectivity index (χ1v) is 22.9. The summed E-state index contributed by atoms with van der Waals surface area (Å²) in [5, 5.41) is 22.6. The van der Waals surface area contributed by atoms with E-state index >= 15 is 0 Å². The number of aliphatic imine (C=N–C) groups is 1. The number of aromatic nitrogens is 2. The molecule has 326 valence electrons. The van der Waals surface area contributed by atoms with Crippen molar-refractivity contribution in [2.24, 2.45) is 10.1 Å². The smallest absolute Gasteiger partial charge is 0.296 e. The van der Waals surface area contributed by atoms with E-state index in [1.807, 2.05) is 0 Å². The number of amides is 2. The quantitative estimate of drug-likeness (QED) is 0.0319. The number of hydrogen-bond donors (Lipinski definition) is 6. The summed E-state index contributed by atoms with van der Waals surface area (Å²) in [6.45, 7) is 0. The average Bonchev–Trinajstić information content (AvgIpc) is 3.71. The van der Waals surface area contributed by atoms with Crippen molar-refractivity contribution >= 4 is 87.7 Å². The highest BCUT2D eigenvalue weighted by atomic mass is 32.2. The van der Waals surface area contributed by atoms with Crippen LogP contribution in [-0.2, 0) is 50.0 Å². The molecular formula is C37H28N6O16S4. The summed E-state index contributed by atoms with van der Waals surface area (Å²) in [6, 6.07) is 19.8. The molecule has 1 aromatic heterocycles. The molecule has 26 heteroatoms. The Morgan fingerprint density at radius 1 is 0.698 bits per heavy atom. The van der Waals surface area contributed by atoms with Crippen LogP contribution in [0.4, 0.5) is 17.1 Å². The van der Waals surface area contributed by atoms with Gasteiger partial charge in [-0.25, -0.2) is 4.99 Å². The van der Waals surface area contributed by atoms with Crippen LogP contribution in [0.2, 0.25) is 0 Å². The van der Waals surface area contributed by atoms with E-state index in [4.69, 9.17) is 4.74 Å². The van der Waals surface area contributed by atoms with Crippen molar-refractivity contribution in [3.63, 3.8) is 0 Å². The van der Waals surface area contributed by atoms with Gasteiger partial charge in [0.1, 0.15) is 15.4 Å². The van der Waals surface area contributed by atoms with E-state index < -0.39 is 101 Å². The Morgan fingerprint density at radius 2 is 1.27 bits per heavy atom. The lowest BCUT2D eigenvalue weighted by molar-refractivity contribution is -0.114. The van der Waals surface area contributed by atoms with Gasteiger partial charge in [0.15, 0.2) is 12.1 Å². The van der Waals surface area contributed by atoms with Gasteiger partial charge in [-0.2, -0.15) is 48.5 Å². The third kappa shape index (κ3) is 10.5. The normalized spacial score (nSPS) is 14.6. The Hall–Kier alpha value is -7.17. The minimum absolute atomic E-state index is 0.224. The summed E-state index contributed by atoms with van der Waals surface area (Å²) in [5.74, 6) is -2.98. The highest BCUT2D eigenvalue weighted by molar-refractivity contribution is 7.87. The zero-order valence-electron chi connectivity index (χ0n) is 31.3. The van der Waals surface area contributed by atoms with Crippen LogP contribution in [0.25, 0.3) is 11.8 Å². The SMILES string of the molecule is O=C(Nc1cc(S(=O)(=O)O)ccc1S(=O)(=O)O)c1nn(-c2ccccc2)c(O)c1C=CC=CC=C1C(=O)N(c2ccccc2)N=C1OC=Nc1cc(S(=O)(=O)O)ccc1S(=O)(=O)O. The minimum Gasteiger partial charge on any atom is -0.493 e. The first-order valence-electron chi connectivity index (χ1n) is 17.1. The van der Waals surface area contributed by atoms with Gasteiger partial charge in [0, 0.05) is 0 Å². The maximum Gasteiger partial charge on any atom is 0.296 e. The van der Waals surface area contributed by atoms with Crippen LogP contribution in [0.5, 0.6) is 5.88 Å². The molecule has 0 atom stereocenters. The summed E-state index contributed by atoms with van der Waals surface area (Å²) in [4.78, 5) is 27.6. The number of hydrazone groups is 1. The molecule has 22 nitrogen and oxygen atoms in total. The third-order valence-electron chi connectivity index (χ3n) is 8.34. The van der Waals surface area contributed by atoms with Crippen LogP contribution >= 0.6 is 0 Å². The first kappa shape index (κ1) is 45.4. The molecule has 6 rings (SSSR count). The maximum atomic E-state index is 13.7. The molecule has 0 fully saturated rings. The molecule has 1 aliphatic rings. The molecule has 4 aromatic carbocycles. The second-order valence-electron chi connectivity index (χ2n) is 12.5. The Kier molecular flexibility index (Phi) is 12.7. The molecule has 0 unspecified atom stereocenters. The van der Waals surface area contributed by atoms with Gasteiger partial charge in [0.25, 0.3) is 58.2 Å². The number of allylic oxidation sites excluding steroid dienone is 4. The van der Waals surface area contributed by atoms with Gasteiger partial charge in [0.2, 0.25) is 5.88 Å². The number of carbonyl (C=O) groups excluding carboxylic acids is 2. The van der Waals surface area contributed by atoms with Crippen molar-refractivity contribution in [2.75, 3.05) is 10.3 Å². The van der Waals surface area contributed by atoms with E-state index in [-0.39, 0.29) is 22.5 Å². The van der Waals surface area contributed by atoms with Gasteiger partial charge < -0.3 is 15.2 Å². The lowest BCUT2D eigenvalue weighted by atomic mass is 10.2. The molecule has 1 aliphatic heterocycles. The predicted octanol–water partition coefficient (Wildman–Crippen LogP) is 4.05. The Balaban J connectivity index is 1.34. The number of rotatable bonds is 13. The fourth-order valence-electron chi connectivity index (χ4n) is 5.51. The lowest BCUT2D eigenvalue weighted by Crippen LogP contribution is -2.21. The number of benzene rings is 4. The third-order valence-corrected chi connectivity index (χ3v) is 11.9. The summed E-state index contributed by atoms with van der Waals surface area (Å²) < 4.78 is 140. The van der Waals surface area contributed by atoms with Gasteiger partial charge >= 0.3 is 0 Å². The fourth-order valence-corrected chi connectivity index (χ4v) is 7.76. The van der Waals surface area contributed by atoms with Crippen molar-refractivity contribution < 1.29 is 71.3 Å². The number of para-hydroxylation sites is 2. The standard InChI is InChI=1S/C37H28N6O16S4/c44-34(39-30-21-26(61(50,51)52)17-19-32(30)63(56,57)58)33-27(36(45)42(40-33)23-10-4-1-5-11-23)14-8-3-9-15-28-35(41-43(37(28)46)24-12-6-2-7-13-24)59-22-38-29-20-25(60(47,48)49)16-18-31(29)62(53,54)55/h1-22,45H,(H,39,44)(H,47,48,49)(H,50,51,52)(H,53,54,55)(H,56,57,58). The minimum atomic E-state index is -5.07. The fraction of sp³-hybridized carbons (Fsp3) is 0. The van der Waals surface area contributed by atoms with Gasteiger partial charge in [-0.05, 0) is 72.8 Å². The van der Waals surface area contributed by atoms with Crippen LogP contribution in [0.3, 0.4) is 0 Å². The molecule has 0 radical (unpaired) electrons. The molecule has 5 aromatic rings. The van der Waals surface area contributed by atoms with Gasteiger partial charge in [-0.3, -0.25) is 27.8 Å². The highest BCUT2D eigenvalue weighted by Crippen LogP contribution is 2.31. The van der Waals surface area contributed by atoms with Crippen LogP contribution in [-0.4, -0.2) is 90.9 Å². The molecule has 2 amide bonds. The van der Waals surface area contributed by atoms with Gasteiger partial charge in [-0.1, -0.05) is 54.6 Å². The molecule has 2 heterocycles. The Morgan fingerprint density at radius 3 is 1.86 bits per heavy atom. The second kappa shape index (κ2) is 17.7. The van der Waals surface area contributed by atoms with Crippen molar-refractivity contribution in [2.45, 2.75) is 19.6 Å². The summed E-state index contributed by atoms with van der Waals surface area (Å²) >= 11 is 0. The maximum absolute atomic E-state index is 13.7. The predicted molar refractivity (Wildman–Crippen MR) is 222 cm³/mol. The Labute approximate surface area is 357 Å². The summed E-state index contributed by atoms with van der Waals surface area (Å²) in [5.41, 5.74) is -1.95. The Bertz CT molecular complexity index is 3280. The molecular weight excluding hydrogens is 913 g/mol. The van der Waals surface area contributed by atoms with Crippen LogP contribution < -0.4 is 10.3 Å². The van der Waals surface area contributed by atoms with Crippen molar-refractivity contribution in [1.29, 1.82) is 0 Å². The van der Waals surface area contributed by atoms with E-state index in [0.717, 1.165) is 9.69 Å². The van der Waals surface area contributed by atoms with E-state index in [1.54, 1.807) is 48.5 Å². The molecule has 0 spiro atoms. The molecule has 0 saturated carbocycles. The highest BCUT2D eigenvalue weighted by Gasteiger charge is 2.32. The van der Waals surface area contributed by atoms with Gasteiger partial charge in [0.05, 0.1) is 38.1 Å². The molecule has 63 heavy (non-hydrogen) atoms. The van der Waals surface area contributed by atoms with E-state index in [1.165, 1.54) is 42.5 Å². The van der Waals surface area contributed by atoms with E-state index in [2.05, 4.69) is 20.5 Å². The first-order chi connectivity index (χ1) is 29.5. The second-order valence-corrected chi connectivity index (χ2v) is 18.1. The lowest BCUT2D eigenvalue weighted by Gasteiger charge is -2.10. The van der Waals surface area contributed by atoms with Crippen molar-refractivity contribution in [3.05, 3.63) is 138 Å². The molecule has 0 aliphatic carbocycles. The van der Waals surface area contributed by atoms with Crippen molar-refractivity contribution in [1.82, 2.24) is 9.78 Å². The van der Waals surface area contributed by atoms with Crippen LogP contribution in [0.1, 0.15) is 16.1 Å². The van der Waals surface area contributed by atoms with Crippen LogP contribution in [0.15, 0.2) is 157 Å². The monoisotopic (exact) mass is 940 g/mol. The topological polar surface area (TPSA) is 339 Å². The average molecular weight is 941 g/mol. The number of nitrogens with one attached hydrogen (secondary N) is 1. The molecule has 0 bridgehead atoms. The number of ether oxygens (including phenoxy) is 1. The number of hydrogen-bond acceptors (Lipinski definition) is 15.